The molecule has 0 heterocycles. The highest BCUT2D eigenvalue weighted by molar-refractivity contribution is 7.87. The second-order valence-electron chi connectivity index (χ2n) is 3.02. The first-order valence-corrected chi connectivity index (χ1v) is 6.18. The first kappa shape index (κ1) is 12.8. The Morgan fingerprint density at radius 1 is 1.44 bits per heavy atom. The van der Waals surface area contributed by atoms with Crippen LogP contribution in [0.15, 0.2) is 24.3 Å². The van der Waals surface area contributed by atoms with Crippen molar-refractivity contribution >= 4 is 15.9 Å². The molecule has 0 aliphatic rings. The summed E-state index contributed by atoms with van der Waals surface area (Å²) in [6, 6.07) is 6.94. The number of nitrogens with one attached hydrogen (secondary N) is 2. The van der Waals surface area contributed by atoms with E-state index < -0.39 is 10.2 Å². The topological polar surface area (TPSA) is 93.5 Å². The largest absolute Gasteiger partial charge is 0.492 e. The molecule has 0 bridgehead atoms. The minimum Gasteiger partial charge on any atom is -0.492 e. The molecule has 1 rings (SSSR count). The lowest BCUT2D eigenvalue weighted by Gasteiger charge is -2.07. The van der Waals surface area contributed by atoms with Crippen LogP contribution in [0.4, 0.5) is 5.69 Å². The van der Waals surface area contributed by atoms with Crippen molar-refractivity contribution in [1.29, 1.82) is 0 Å². The molecule has 0 fully saturated rings. The van der Waals surface area contributed by atoms with Crippen LogP contribution in [0.3, 0.4) is 0 Å². The van der Waals surface area contributed by atoms with E-state index in [-0.39, 0.29) is 13.2 Å². The Labute approximate surface area is 95.0 Å². The van der Waals surface area contributed by atoms with Gasteiger partial charge in [-0.05, 0) is 12.1 Å². The summed E-state index contributed by atoms with van der Waals surface area (Å²) in [4.78, 5) is 0. The molecule has 90 valence electrons. The van der Waals surface area contributed by atoms with Crippen LogP contribution >= 0.6 is 0 Å². The number of anilines is 1. The average molecular weight is 245 g/mol. The van der Waals surface area contributed by atoms with Gasteiger partial charge >= 0.3 is 0 Å². The number of ether oxygens (including phenoxy) is 1. The summed E-state index contributed by atoms with van der Waals surface area (Å²) in [5.41, 5.74) is 6.16. The van der Waals surface area contributed by atoms with E-state index in [0.29, 0.717) is 11.4 Å². The fourth-order valence-electron chi connectivity index (χ4n) is 1.02. The van der Waals surface area contributed by atoms with Crippen LogP contribution in [0.25, 0.3) is 0 Å². The van der Waals surface area contributed by atoms with Crippen LogP contribution in [0, 0.1) is 0 Å². The third-order valence-electron chi connectivity index (χ3n) is 1.79. The van der Waals surface area contributed by atoms with E-state index in [0.717, 1.165) is 0 Å². The second-order valence-corrected chi connectivity index (χ2v) is 4.73. The van der Waals surface area contributed by atoms with E-state index in [1.807, 2.05) is 0 Å². The lowest BCUT2D eigenvalue weighted by molar-refractivity contribution is 0.323. The fourth-order valence-corrected chi connectivity index (χ4v) is 1.52. The number of rotatable bonds is 6. The smallest absolute Gasteiger partial charge is 0.276 e. The summed E-state index contributed by atoms with van der Waals surface area (Å²) in [6.45, 7) is 0.433. The SMILES string of the molecule is CNS(=O)(=O)NCCOc1cccc(N)c1. The van der Waals surface area contributed by atoms with Crippen LogP contribution in [-0.2, 0) is 10.2 Å². The van der Waals surface area contributed by atoms with Gasteiger partial charge in [0.1, 0.15) is 12.4 Å². The van der Waals surface area contributed by atoms with Crippen molar-refractivity contribution in [3.05, 3.63) is 24.3 Å². The maximum absolute atomic E-state index is 11.0. The Morgan fingerprint density at radius 2 is 2.19 bits per heavy atom. The molecular weight excluding hydrogens is 230 g/mol. The van der Waals surface area contributed by atoms with Gasteiger partial charge in [-0.15, -0.1) is 0 Å². The van der Waals surface area contributed by atoms with Crippen LogP contribution in [-0.4, -0.2) is 28.6 Å². The molecule has 1 aromatic rings. The zero-order valence-corrected chi connectivity index (χ0v) is 9.75. The minimum atomic E-state index is -3.39. The monoisotopic (exact) mass is 245 g/mol. The first-order chi connectivity index (χ1) is 7.53. The normalized spacial score (nSPS) is 11.3. The van der Waals surface area contributed by atoms with Crippen molar-refractivity contribution in [1.82, 2.24) is 9.44 Å². The van der Waals surface area contributed by atoms with Gasteiger partial charge in [0.15, 0.2) is 0 Å². The minimum absolute atomic E-state index is 0.192. The Hall–Kier alpha value is -1.31. The summed E-state index contributed by atoms with van der Waals surface area (Å²) in [6.07, 6.45) is 0. The lowest BCUT2D eigenvalue weighted by Crippen LogP contribution is -2.36. The molecule has 4 N–H and O–H groups in total. The van der Waals surface area contributed by atoms with Gasteiger partial charge in [-0.1, -0.05) is 6.07 Å². The Morgan fingerprint density at radius 3 is 2.81 bits per heavy atom. The third-order valence-corrected chi connectivity index (χ3v) is 2.91. The van der Waals surface area contributed by atoms with Gasteiger partial charge in [0.25, 0.3) is 10.2 Å². The van der Waals surface area contributed by atoms with Gasteiger partial charge in [0, 0.05) is 25.3 Å². The molecule has 1 aromatic carbocycles. The number of nitrogens with two attached hydrogens (primary N) is 1. The number of nitrogen functional groups attached to an aromatic ring is 1. The second kappa shape index (κ2) is 5.69. The summed E-state index contributed by atoms with van der Waals surface area (Å²) in [7, 11) is -2.05. The maximum atomic E-state index is 11.0. The maximum Gasteiger partial charge on any atom is 0.276 e. The van der Waals surface area contributed by atoms with E-state index in [2.05, 4.69) is 9.44 Å². The average Bonchev–Trinajstić information content (AvgIpc) is 2.25. The summed E-state index contributed by atoms with van der Waals surface area (Å²) in [5.74, 6) is 0.614. The number of benzene rings is 1. The molecule has 0 atom stereocenters. The zero-order valence-electron chi connectivity index (χ0n) is 8.93. The van der Waals surface area contributed by atoms with Crippen molar-refractivity contribution in [2.75, 3.05) is 25.9 Å². The molecular formula is C9H15N3O3S. The lowest BCUT2D eigenvalue weighted by atomic mass is 10.3. The highest BCUT2D eigenvalue weighted by Gasteiger charge is 2.03. The molecule has 0 aromatic heterocycles. The van der Waals surface area contributed by atoms with Gasteiger partial charge in [-0.25, -0.2) is 4.72 Å². The van der Waals surface area contributed by atoms with Crippen molar-refractivity contribution in [3.63, 3.8) is 0 Å². The van der Waals surface area contributed by atoms with E-state index >= 15 is 0 Å². The van der Waals surface area contributed by atoms with E-state index in [9.17, 15) is 8.42 Å². The molecule has 16 heavy (non-hydrogen) atoms. The molecule has 0 saturated carbocycles. The van der Waals surface area contributed by atoms with Crippen LogP contribution in [0.1, 0.15) is 0 Å². The van der Waals surface area contributed by atoms with Crippen LogP contribution < -0.4 is 19.9 Å². The number of hydrogen-bond acceptors (Lipinski definition) is 4. The fraction of sp³-hybridized carbons (Fsp3) is 0.333. The quantitative estimate of drug-likeness (QED) is 0.474. The molecule has 6 nitrogen and oxygen atoms in total. The van der Waals surface area contributed by atoms with Crippen LogP contribution in [0.2, 0.25) is 0 Å². The predicted octanol–water partition coefficient (Wildman–Crippen LogP) is -0.299. The summed E-state index contributed by atoms with van der Waals surface area (Å²) in [5, 5.41) is 0. The number of hydrogen-bond donors (Lipinski definition) is 3. The molecule has 0 unspecified atom stereocenters. The first-order valence-electron chi connectivity index (χ1n) is 4.70. The highest BCUT2D eigenvalue weighted by atomic mass is 32.2. The molecule has 0 aliphatic carbocycles. The van der Waals surface area contributed by atoms with Crippen LogP contribution in [0.5, 0.6) is 5.75 Å². The Balaban J connectivity index is 2.32. The zero-order chi connectivity index (χ0) is 12.0. The molecule has 0 saturated heterocycles. The van der Waals surface area contributed by atoms with Gasteiger partial charge in [-0.3, -0.25) is 0 Å². The van der Waals surface area contributed by atoms with Crippen molar-refractivity contribution in [2.24, 2.45) is 0 Å². The van der Waals surface area contributed by atoms with Gasteiger partial charge in [0.05, 0.1) is 0 Å². The van der Waals surface area contributed by atoms with E-state index in [1.165, 1.54) is 7.05 Å². The van der Waals surface area contributed by atoms with Gasteiger partial charge in [0.2, 0.25) is 0 Å². The Bertz CT molecular complexity index is 433. The Kier molecular flexibility index (Phi) is 4.53. The summed E-state index contributed by atoms with van der Waals surface area (Å²) >= 11 is 0. The van der Waals surface area contributed by atoms with Crippen molar-refractivity contribution in [3.8, 4) is 5.75 Å². The predicted molar refractivity (Wildman–Crippen MR) is 62.3 cm³/mol. The highest BCUT2D eigenvalue weighted by Crippen LogP contribution is 2.13. The third kappa shape index (κ3) is 4.47. The van der Waals surface area contributed by atoms with Gasteiger partial charge in [-0.2, -0.15) is 13.1 Å². The van der Waals surface area contributed by atoms with Crippen molar-refractivity contribution < 1.29 is 13.2 Å². The van der Waals surface area contributed by atoms with Crippen molar-refractivity contribution in [2.45, 2.75) is 0 Å². The molecule has 7 heteroatoms. The van der Waals surface area contributed by atoms with E-state index in [4.69, 9.17) is 10.5 Å². The van der Waals surface area contributed by atoms with Gasteiger partial charge < -0.3 is 10.5 Å². The molecule has 0 spiro atoms. The van der Waals surface area contributed by atoms with E-state index in [1.54, 1.807) is 24.3 Å². The molecule has 0 amide bonds. The summed E-state index contributed by atoms with van der Waals surface area (Å²) < 4.78 is 31.7. The molecule has 0 radical (unpaired) electrons. The molecule has 0 aliphatic heterocycles. The standard InChI is InChI=1S/C9H15N3O3S/c1-11-16(13,14)12-5-6-15-9-4-2-3-8(10)7-9/h2-4,7,11-12H,5-6,10H2,1H3.